The van der Waals surface area contributed by atoms with E-state index < -0.39 is 0 Å². The monoisotopic (exact) mass is 223 g/mol. The van der Waals surface area contributed by atoms with Gasteiger partial charge in [0.2, 0.25) is 6.41 Å². The summed E-state index contributed by atoms with van der Waals surface area (Å²) in [7, 11) is 0. The molecule has 1 aromatic heterocycles. The number of nitrogens with zero attached hydrogens (tertiary/aromatic N) is 2. The summed E-state index contributed by atoms with van der Waals surface area (Å²) in [6.07, 6.45) is 7.28. The van der Waals surface area contributed by atoms with Gasteiger partial charge in [-0.25, -0.2) is 5.32 Å². The van der Waals surface area contributed by atoms with Crippen molar-refractivity contribution in [1.82, 2.24) is 10.3 Å². The van der Waals surface area contributed by atoms with Crippen LogP contribution in [0.2, 0.25) is 0 Å². The molecule has 3 rings (SSSR count). The maximum atomic E-state index is 10.6. The molecule has 0 saturated carbocycles. The van der Waals surface area contributed by atoms with E-state index in [1.54, 1.807) is 0 Å². The van der Waals surface area contributed by atoms with Crippen LogP contribution in [-0.4, -0.2) is 11.4 Å². The van der Waals surface area contributed by atoms with Crippen LogP contribution < -0.4 is 5.32 Å². The van der Waals surface area contributed by atoms with Crippen LogP contribution in [0, 0.1) is 0 Å². The van der Waals surface area contributed by atoms with Gasteiger partial charge in [-0.3, -0.25) is 9.78 Å². The average Bonchev–Trinajstić information content (AvgIpc) is 2.39. The molecule has 0 saturated heterocycles. The van der Waals surface area contributed by atoms with Crippen LogP contribution in [0.5, 0.6) is 0 Å². The number of benzene rings is 1. The van der Waals surface area contributed by atoms with E-state index in [0.717, 1.165) is 28.5 Å². The number of carbonyl (C=O) groups excluding carboxylic acids is 1. The second kappa shape index (κ2) is 4.01. The number of amides is 1. The molecule has 1 aliphatic carbocycles. The van der Waals surface area contributed by atoms with Crippen LogP contribution in [0.3, 0.4) is 0 Å². The highest BCUT2D eigenvalue weighted by Crippen LogP contribution is 2.32. The van der Waals surface area contributed by atoms with E-state index in [4.69, 9.17) is 0 Å². The second-order valence-corrected chi connectivity index (χ2v) is 4.05. The Morgan fingerprint density at radius 2 is 2.24 bits per heavy atom. The molecule has 1 radical (unpaired) electrons. The lowest BCUT2D eigenvalue weighted by molar-refractivity contribution is -0.110. The molecule has 0 aliphatic heterocycles. The highest BCUT2D eigenvalue weighted by molar-refractivity contribution is 5.88. The quantitative estimate of drug-likeness (QED) is 0.734. The van der Waals surface area contributed by atoms with Crippen LogP contribution >= 0.6 is 0 Å². The van der Waals surface area contributed by atoms with Gasteiger partial charge in [-0.05, 0) is 17.9 Å². The van der Waals surface area contributed by atoms with Crippen LogP contribution in [0.25, 0.3) is 16.8 Å². The summed E-state index contributed by atoms with van der Waals surface area (Å²) in [5.74, 6) is 0. The molecule has 3 heteroatoms. The van der Waals surface area contributed by atoms with E-state index in [1.807, 2.05) is 36.5 Å². The Bertz CT molecular complexity index is 604. The molecule has 1 unspecified atom stereocenters. The van der Waals surface area contributed by atoms with Crippen LogP contribution in [0.1, 0.15) is 23.7 Å². The summed E-state index contributed by atoms with van der Waals surface area (Å²) in [6, 6.07) is 7.98. The zero-order valence-corrected chi connectivity index (χ0v) is 9.21. The third-order valence-electron chi connectivity index (χ3n) is 3.08. The minimum atomic E-state index is -0.0916. The van der Waals surface area contributed by atoms with Gasteiger partial charge in [0.25, 0.3) is 0 Å². The van der Waals surface area contributed by atoms with Gasteiger partial charge < -0.3 is 0 Å². The fraction of sp³-hybridized carbons (Fsp3) is 0.143. The van der Waals surface area contributed by atoms with Gasteiger partial charge in [-0.1, -0.05) is 30.3 Å². The van der Waals surface area contributed by atoms with Gasteiger partial charge in [-0.15, -0.1) is 0 Å². The standard InChI is InChI=1S/C14H11N2O/c17-9-16-13-7-3-6-12-14(13)11-5-2-1-4-10(11)8-15-12/h1-6,8-9,13H,7H2. The van der Waals surface area contributed by atoms with Gasteiger partial charge in [0.05, 0.1) is 11.7 Å². The molecule has 0 N–H and O–H groups in total. The van der Waals surface area contributed by atoms with Crippen molar-refractivity contribution in [1.29, 1.82) is 0 Å². The number of carbonyl (C=O) groups is 1. The molecule has 1 aromatic carbocycles. The first-order chi connectivity index (χ1) is 8.40. The van der Waals surface area contributed by atoms with Crippen molar-refractivity contribution in [2.75, 3.05) is 0 Å². The highest BCUT2D eigenvalue weighted by atomic mass is 16.1. The van der Waals surface area contributed by atoms with Crippen LogP contribution in [-0.2, 0) is 4.79 Å². The van der Waals surface area contributed by atoms with Gasteiger partial charge in [0.1, 0.15) is 0 Å². The Morgan fingerprint density at radius 1 is 1.35 bits per heavy atom. The molecular weight excluding hydrogens is 212 g/mol. The second-order valence-electron chi connectivity index (χ2n) is 4.05. The van der Waals surface area contributed by atoms with E-state index in [-0.39, 0.29) is 6.04 Å². The van der Waals surface area contributed by atoms with Crippen molar-refractivity contribution >= 4 is 23.3 Å². The first kappa shape index (κ1) is 10.0. The smallest absolute Gasteiger partial charge is 0.228 e. The minimum Gasteiger partial charge on any atom is -0.277 e. The summed E-state index contributed by atoms with van der Waals surface area (Å²) in [4.78, 5) is 15.0. The lowest BCUT2D eigenvalue weighted by Crippen LogP contribution is -2.16. The lowest BCUT2D eigenvalue weighted by Gasteiger charge is -2.20. The fourth-order valence-electron chi connectivity index (χ4n) is 2.32. The summed E-state index contributed by atoms with van der Waals surface area (Å²) >= 11 is 0. The number of hydrogen-bond donors (Lipinski definition) is 0. The summed E-state index contributed by atoms with van der Waals surface area (Å²) in [5.41, 5.74) is 1.99. The Kier molecular flexibility index (Phi) is 2.37. The van der Waals surface area contributed by atoms with Crippen LogP contribution in [0.15, 0.2) is 36.5 Å². The van der Waals surface area contributed by atoms with Crippen molar-refractivity contribution in [3.8, 4) is 0 Å². The molecule has 83 valence electrons. The first-order valence-electron chi connectivity index (χ1n) is 5.58. The Morgan fingerprint density at radius 3 is 3.12 bits per heavy atom. The molecular formula is C14H11N2O. The van der Waals surface area contributed by atoms with Crippen molar-refractivity contribution in [2.24, 2.45) is 0 Å². The van der Waals surface area contributed by atoms with E-state index in [9.17, 15) is 4.79 Å². The Balaban J connectivity index is 2.28. The average molecular weight is 223 g/mol. The Labute approximate surface area is 99.2 Å². The molecule has 0 bridgehead atoms. The van der Waals surface area contributed by atoms with Crippen molar-refractivity contribution in [3.63, 3.8) is 0 Å². The summed E-state index contributed by atoms with van der Waals surface area (Å²) in [6.45, 7) is 0. The fourth-order valence-corrected chi connectivity index (χ4v) is 2.32. The third kappa shape index (κ3) is 1.60. The number of pyridine rings is 1. The SMILES string of the molecule is O=C[N]C1CC=Cc2ncc3ccccc3c21. The Hall–Kier alpha value is -2.16. The molecule has 2 aromatic rings. The number of hydrogen-bond acceptors (Lipinski definition) is 2. The number of rotatable bonds is 2. The van der Waals surface area contributed by atoms with Gasteiger partial charge in [0, 0.05) is 17.1 Å². The molecule has 1 heterocycles. The highest BCUT2D eigenvalue weighted by Gasteiger charge is 2.20. The van der Waals surface area contributed by atoms with Crippen LogP contribution in [0.4, 0.5) is 0 Å². The van der Waals surface area contributed by atoms with E-state index in [2.05, 4.69) is 16.4 Å². The predicted octanol–water partition coefficient (Wildman–Crippen LogP) is 2.45. The topological polar surface area (TPSA) is 44.1 Å². The molecule has 1 aliphatic rings. The molecule has 3 nitrogen and oxygen atoms in total. The molecule has 1 atom stereocenters. The van der Waals surface area contributed by atoms with Gasteiger partial charge >= 0.3 is 0 Å². The van der Waals surface area contributed by atoms with E-state index in [1.165, 1.54) is 0 Å². The molecule has 0 fully saturated rings. The first-order valence-corrected chi connectivity index (χ1v) is 5.58. The minimum absolute atomic E-state index is 0.0916. The predicted molar refractivity (Wildman–Crippen MR) is 66.3 cm³/mol. The zero-order chi connectivity index (χ0) is 11.7. The molecule has 17 heavy (non-hydrogen) atoms. The van der Waals surface area contributed by atoms with Crippen molar-refractivity contribution < 1.29 is 4.79 Å². The maximum absolute atomic E-state index is 10.6. The van der Waals surface area contributed by atoms with Crippen molar-refractivity contribution in [2.45, 2.75) is 12.5 Å². The lowest BCUT2D eigenvalue weighted by atomic mass is 9.92. The zero-order valence-electron chi connectivity index (χ0n) is 9.21. The molecule has 0 spiro atoms. The van der Waals surface area contributed by atoms with Gasteiger partial charge in [0.15, 0.2) is 0 Å². The van der Waals surface area contributed by atoms with Crippen molar-refractivity contribution in [3.05, 3.63) is 47.8 Å². The normalized spacial score (nSPS) is 17.8. The molecule has 1 amide bonds. The third-order valence-corrected chi connectivity index (χ3v) is 3.08. The summed E-state index contributed by atoms with van der Waals surface area (Å²) in [5, 5.41) is 6.23. The number of fused-ring (bicyclic) bond motifs is 3. The largest absolute Gasteiger partial charge is 0.277 e. The van der Waals surface area contributed by atoms with Gasteiger partial charge in [-0.2, -0.15) is 0 Å². The van der Waals surface area contributed by atoms with E-state index >= 15 is 0 Å². The number of aromatic nitrogens is 1. The van der Waals surface area contributed by atoms with E-state index in [0.29, 0.717) is 6.41 Å². The summed E-state index contributed by atoms with van der Waals surface area (Å²) < 4.78 is 0. The maximum Gasteiger partial charge on any atom is 0.228 e.